The normalized spacial score (nSPS) is 22.6. The summed E-state index contributed by atoms with van der Waals surface area (Å²) in [4.78, 5) is 0.296. The molecular formula is C14H19BrN2O3S. The van der Waals surface area contributed by atoms with Crippen molar-refractivity contribution in [2.24, 2.45) is 0 Å². The van der Waals surface area contributed by atoms with Gasteiger partial charge in [-0.3, -0.25) is 0 Å². The molecule has 1 aromatic rings. The topological polar surface area (TPSA) is 67.4 Å². The van der Waals surface area contributed by atoms with Crippen LogP contribution in [0.15, 0.2) is 27.6 Å². The van der Waals surface area contributed by atoms with E-state index in [0.717, 1.165) is 12.0 Å². The van der Waals surface area contributed by atoms with Gasteiger partial charge in [0.2, 0.25) is 10.0 Å². The lowest BCUT2D eigenvalue weighted by Crippen LogP contribution is -2.35. The zero-order valence-electron chi connectivity index (χ0n) is 11.6. The smallest absolute Gasteiger partial charge is 0.242 e. The van der Waals surface area contributed by atoms with Crippen molar-refractivity contribution in [2.45, 2.75) is 42.8 Å². The standard InChI is InChI=1S/C14H19BrN2O3S/c15-13-4-1-10(8-16-11-2-3-11)7-14(13)21(18,19)17-12-5-6-20-9-12/h1,4,7,11-12,16-17H,2-3,5-6,8-9H2. The van der Waals surface area contributed by atoms with E-state index in [2.05, 4.69) is 26.0 Å². The van der Waals surface area contributed by atoms with E-state index in [1.165, 1.54) is 12.8 Å². The molecule has 7 heteroatoms. The summed E-state index contributed by atoms with van der Waals surface area (Å²) in [6.45, 7) is 1.76. The summed E-state index contributed by atoms with van der Waals surface area (Å²) in [7, 11) is -3.52. The number of benzene rings is 1. The maximum absolute atomic E-state index is 12.5. The van der Waals surface area contributed by atoms with Crippen LogP contribution in [0.25, 0.3) is 0 Å². The van der Waals surface area contributed by atoms with Crippen LogP contribution in [-0.2, 0) is 21.3 Å². The minimum absolute atomic E-state index is 0.129. The second kappa shape index (κ2) is 6.34. The van der Waals surface area contributed by atoms with Gasteiger partial charge in [-0.2, -0.15) is 0 Å². The van der Waals surface area contributed by atoms with Crippen molar-refractivity contribution in [3.8, 4) is 0 Å². The second-order valence-corrected chi connectivity index (χ2v) is 8.14. The Bertz CT molecular complexity index is 611. The Labute approximate surface area is 133 Å². The molecule has 0 aromatic heterocycles. The number of sulfonamides is 1. The lowest BCUT2D eigenvalue weighted by Gasteiger charge is -2.14. The zero-order valence-corrected chi connectivity index (χ0v) is 14.0. The maximum Gasteiger partial charge on any atom is 0.242 e. The highest BCUT2D eigenvalue weighted by atomic mass is 79.9. The Morgan fingerprint density at radius 3 is 2.71 bits per heavy atom. The van der Waals surface area contributed by atoms with Crippen LogP contribution in [0, 0.1) is 0 Å². The molecular weight excluding hydrogens is 356 g/mol. The second-order valence-electron chi connectivity index (χ2n) is 5.60. The predicted molar refractivity (Wildman–Crippen MR) is 83.5 cm³/mol. The molecule has 1 atom stereocenters. The van der Waals surface area contributed by atoms with E-state index in [1.807, 2.05) is 6.07 Å². The largest absolute Gasteiger partial charge is 0.380 e. The fourth-order valence-corrected chi connectivity index (χ4v) is 4.59. The number of nitrogens with one attached hydrogen (secondary N) is 2. The van der Waals surface area contributed by atoms with Gasteiger partial charge < -0.3 is 10.1 Å². The van der Waals surface area contributed by atoms with E-state index in [9.17, 15) is 8.42 Å². The third-order valence-electron chi connectivity index (χ3n) is 3.71. The molecule has 0 radical (unpaired) electrons. The van der Waals surface area contributed by atoms with Crippen LogP contribution in [-0.4, -0.2) is 33.7 Å². The first kappa shape index (κ1) is 15.4. The molecule has 1 aliphatic carbocycles. The van der Waals surface area contributed by atoms with Crippen molar-refractivity contribution < 1.29 is 13.2 Å². The van der Waals surface area contributed by atoms with Gasteiger partial charge in [0, 0.05) is 29.7 Å². The molecule has 21 heavy (non-hydrogen) atoms. The summed E-state index contributed by atoms with van der Waals surface area (Å²) < 4.78 is 33.5. The highest BCUT2D eigenvalue weighted by molar-refractivity contribution is 9.10. The molecule has 1 unspecified atom stereocenters. The fourth-order valence-electron chi connectivity index (χ4n) is 2.32. The van der Waals surface area contributed by atoms with Crippen molar-refractivity contribution in [3.63, 3.8) is 0 Å². The van der Waals surface area contributed by atoms with Crippen LogP contribution in [0.3, 0.4) is 0 Å². The van der Waals surface area contributed by atoms with Gasteiger partial charge in [0.15, 0.2) is 0 Å². The molecule has 5 nitrogen and oxygen atoms in total. The number of hydrogen-bond acceptors (Lipinski definition) is 4. The quantitative estimate of drug-likeness (QED) is 0.795. The maximum atomic E-state index is 12.5. The Hall–Kier alpha value is -0.470. The van der Waals surface area contributed by atoms with Gasteiger partial charge in [-0.1, -0.05) is 6.07 Å². The number of ether oxygens (including phenoxy) is 1. The van der Waals surface area contributed by atoms with Gasteiger partial charge in [-0.05, 0) is 52.9 Å². The monoisotopic (exact) mass is 374 g/mol. The number of hydrogen-bond donors (Lipinski definition) is 2. The van der Waals surface area contributed by atoms with E-state index in [1.54, 1.807) is 12.1 Å². The van der Waals surface area contributed by atoms with Gasteiger partial charge in [0.1, 0.15) is 0 Å². The third kappa shape index (κ3) is 4.04. The molecule has 1 aliphatic heterocycles. The van der Waals surface area contributed by atoms with E-state index in [0.29, 0.717) is 35.2 Å². The summed E-state index contributed by atoms with van der Waals surface area (Å²) in [6.07, 6.45) is 3.15. The highest BCUT2D eigenvalue weighted by Crippen LogP contribution is 2.25. The first-order chi connectivity index (χ1) is 10.0. The predicted octanol–water partition coefficient (Wildman–Crippen LogP) is 1.77. The Morgan fingerprint density at radius 1 is 1.24 bits per heavy atom. The molecule has 1 aromatic carbocycles. The Morgan fingerprint density at radius 2 is 2.05 bits per heavy atom. The van der Waals surface area contributed by atoms with Crippen LogP contribution >= 0.6 is 15.9 Å². The summed E-state index contributed by atoms with van der Waals surface area (Å²) in [5.74, 6) is 0. The molecule has 1 heterocycles. The lowest BCUT2D eigenvalue weighted by molar-refractivity contribution is 0.192. The zero-order chi connectivity index (χ0) is 14.9. The van der Waals surface area contributed by atoms with Crippen LogP contribution in [0.1, 0.15) is 24.8 Å². The minimum atomic E-state index is -3.52. The number of rotatable bonds is 6. The minimum Gasteiger partial charge on any atom is -0.380 e. The molecule has 2 N–H and O–H groups in total. The van der Waals surface area contributed by atoms with Crippen LogP contribution < -0.4 is 10.0 Å². The molecule has 1 saturated carbocycles. The van der Waals surface area contributed by atoms with Crippen LogP contribution in [0.2, 0.25) is 0 Å². The van der Waals surface area contributed by atoms with Gasteiger partial charge >= 0.3 is 0 Å². The summed E-state index contributed by atoms with van der Waals surface area (Å²) >= 11 is 3.34. The van der Waals surface area contributed by atoms with Crippen molar-refractivity contribution in [2.75, 3.05) is 13.2 Å². The SMILES string of the molecule is O=S(=O)(NC1CCOC1)c1cc(CNC2CC2)ccc1Br. The fraction of sp³-hybridized carbons (Fsp3) is 0.571. The van der Waals surface area contributed by atoms with Gasteiger partial charge in [-0.25, -0.2) is 13.1 Å². The molecule has 116 valence electrons. The van der Waals surface area contributed by atoms with Crippen LogP contribution in [0.5, 0.6) is 0 Å². The van der Waals surface area contributed by atoms with Crippen molar-refractivity contribution in [1.29, 1.82) is 0 Å². The van der Waals surface area contributed by atoms with E-state index < -0.39 is 10.0 Å². The first-order valence-electron chi connectivity index (χ1n) is 7.16. The highest BCUT2D eigenvalue weighted by Gasteiger charge is 2.25. The average molecular weight is 375 g/mol. The molecule has 0 spiro atoms. The molecule has 2 fully saturated rings. The Balaban J connectivity index is 1.76. The third-order valence-corrected chi connectivity index (χ3v) is 6.22. The van der Waals surface area contributed by atoms with Crippen molar-refractivity contribution >= 4 is 26.0 Å². The Kier molecular flexibility index (Phi) is 4.66. The number of halogens is 1. The van der Waals surface area contributed by atoms with E-state index in [-0.39, 0.29) is 6.04 Å². The average Bonchev–Trinajstić information content (AvgIpc) is 3.14. The lowest BCUT2D eigenvalue weighted by atomic mass is 10.2. The summed E-state index contributed by atoms with van der Waals surface area (Å²) in [5.41, 5.74) is 0.980. The van der Waals surface area contributed by atoms with Crippen LogP contribution in [0.4, 0.5) is 0 Å². The van der Waals surface area contributed by atoms with Crippen molar-refractivity contribution in [1.82, 2.24) is 10.0 Å². The van der Waals surface area contributed by atoms with Gasteiger partial charge in [0.05, 0.1) is 11.5 Å². The summed E-state index contributed by atoms with van der Waals surface area (Å²) in [5, 5.41) is 3.39. The molecule has 3 rings (SSSR count). The first-order valence-corrected chi connectivity index (χ1v) is 9.44. The summed E-state index contributed by atoms with van der Waals surface area (Å²) in [6, 6.07) is 5.94. The molecule has 0 amide bonds. The molecule has 2 aliphatic rings. The van der Waals surface area contributed by atoms with Gasteiger partial charge in [-0.15, -0.1) is 0 Å². The molecule has 0 bridgehead atoms. The van der Waals surface area contributed by atoms with Gasteiger partial charge in [0.25, 0.3) is 0 Å². The van der Waals surface area contributed by atoms with Crippen molar-refractivity contribution in [3.05, 3.63) is 28.2 Å². The van der Waals surface area contributed by atoms with E-state index >= 15 is 0 Å². The molecule has 1 saturated heterocycles. The van der Waals surface area contributed by atoms with E-state index in [4.69, 9.17) is 4.74 Å².